The lowest BCUT2D eigenvalue weighted by molar-refractivity contribution is -0.137. The number of hydrogen-bond acceptors (Lipinski definition) is 3. The summed E-state index contributed by atoms with van der Waals surface area (Å²) < 4.78 is 64.6. The predicted octanol–water partition coefficient (Wildman–Crippen LogP) is 3.82. The van der Waals surface area contributed by atoms with Gasteiger partial charge in [-0.05, 0) is 55.3 Å². The third kappa shape index (κ3) is 4.11. The maximum absolute atomic E-state index is 12.6. The van der Waals surface area contributed by atoms with Gasteiger partial charge in [0.2, 0.25) is 0 Å². The number of nitrogens with one attached hydrogen (secondary N) is 1. The van der Waals surface area contributed by atoms with Crippen LogP contribution in [0.5, 0.6) is 0 Å². The van der Waals surface area contributed by atoms with Crippen molar-refractivity contribution in [2.45, 2.75) is 24.9 Å². The van der Waals surface area contributed by atoms with Gasteiger partial charge in [0.05, 0.1) is 21.7 Å². The Hall–Kier alpha value is -2.55. The normalized spacial score (nSPS) is 12.0. The summed E-state index contributed by atoms with van der Waals surface area (Å²) in [6.45, 7) is 3.19. The fraction of sp³-hybridized carbons (Fsp3) is 0.188. The first-order chi connectivity index (χ1) is 11.4. The van der Waals surface area contributed by atoms with E-state index in [1.807, 2.05) is 0 Å². The number of halogens is 3. The van der Waals surface area contributed by atoms with Crippen molar-refractivity contribution in [3.05, 3.63) is 58.7 Å². The second-order valence-corrected chi connectivity index (χ2v) is 7.12. The van der Waals surface area contributed by atoms with E-state index >= 15 is 0 Å². The van der Waals surface area contributed by atoms with Gasteiger partial charge in [-0.2, -0.15) is 13.2 Å². The second-order valence-electron chi connectivity index (χ2n) is 5.44. The Labute approximate surface area is 142 Å². The number of carboxylic acid groups (broad SMARTS) is 1. The number of anilines is 1. The maximum atomic E-state index is 12.6. The molecule has 0 atom stereocenters. The number of benzene rings is 2. The molecule has 0 heterocycles. The zero-order chi connectivity index (χ0) is 19.0. The summed E-state index contributed by atoms with van der Waals surface area (Å²) in [7, 11) is -4.25. The molecule has 9 heteroatoms. The number of aromatic carboxylic acids is 1. The van der Waals surface area contributed by atoms with Gasteiger partial charge in [-0.3, -0.25) is 4.72 Å². The van der Waals surface area contributed by atoms with Gasteiger partial charge in [-0.15, -0.1) is 0 Å². The minimum Gasteiger partial charge on any atom is -0.478 e. The SMILES string of the molecule is Cc1cc(C)c(NS(=O)(=O)c2ccc(C(F)(F)F)cc2)c(C(=O)O)c1. The van der Waals surface area contributed by atoms with Crippen LogP contribution in [-0.4, -0.2) is 19.5 Å². The van der Waals surface area contributed by atoms with Crippen LogP contribution in [0.2, 0.25) is 0 Å². The zero-order valence-electron chi connectivity index (χ0n) is 13.2. The van der Waals surface area contributed by atoms with Crippen LogP contribution in [0.4, 0.5) is 18.9 Å². The molecule has 2 rings (SSSR count). The Kier molecular flexibility index (Phi) is 4.81. The van der Waals surface area contributed by atoms with E-state index < -0.39 is 32.6 Å². The van der Waals surface area contributed by atoms with Gasteiger partial charge in [0.25, 0.3) is 10.0 Å². The van der Waals surface area contributed by atoms with Crippen LogP contribution in [-0.2, 0) is 16.2 Å². The second kappa shape index (κ2) is 6.40. The van der Waals surface area contributed by atoms with Gasteiger partial charge in [0.1, 0.15) is 0 Å². The summed E-state index contributed by atoms with van der Waals surface area (Å²) in [6.07, 6.45) is -4.58. The van der Waals surface area contributed by atoms with Crippen LogP contribution in [0, 0.1) is 13.8 Å². The van der Waals surface area contributed by atoms with E-state index in [2.05, 4.69) is 4.72 Å². The van der Waals surface area contributed by atoms with Crippen LogP contribution in [0.15, 0.2) is 41.3 Å². The Balaban J connectivity index is 2.45. The average Bonchev–Trinajstić information content (AvgIpc) is 2.48. The lowest BCUT2D eigenvalue weighted by Gasteiger charge is -2.15. The first kappa shape index (κ1) is 18.8. The van der Waals surface area contributed by atoms with Gasteiger partial charge in [-0.1, -0.05) is 6.07 Å². The molecule has 134 valence electrons. The Morgan fingerprint density at radius 2 is 1.64 bits per heavy atom. The summed E-state index contributed by atoms with van der Waals surface area (Å²) in [5.41, 5.74) is -0.338. The van der Waals surface area contributed by atoms with Crippen molar-refractivity contribution in [3.8, 4) is 0 Å². The molecule has 0 saturated carbocycles. The number of hydrogen-bond donors (Lipinski definition) is 2. The molecule has 2 aromatic rings. The minimum absolute atomic E-state index is 0.127. The summed E-state index contributed by atoms with van der Waals surface area (Å²) in [4.78, 5) is 10.9. The molecule has 5 nitrogen and oxygen atoms in total. The highest BCUT2D eigenvalue weighted by atomic mass is 32.2. The number of carboxylic acids is 1. The molecule has 0 aliphatic carbocycles. The molecule has 2 N–H and O–H groups in total. The largest absolute Gasteiger partial charge is 0.478 e. The number of carbonyl (C=O) groups is 1. The van der Waals surface area contributed by atoms with Crippen LogP contribution >= 0.6 is 0 Å². The molecular formula is C16H14F3NO4S. The highest BCUT2D eigenvalue weighted by Crippen LogP contribution is 2.31. The lowest BCUT2D eigenvalue weighted by Crippen LogP contribution is -2.17. The van der Waals surface area contributed by atoms with E-state index in [-0.39, 0.29) is 11.3 Å². The van der Waals surface area contributed by atoms with Crippen molar-refractivity contribution < 1.29 is 31.5 Å². The molecule has 0 fully saturated rings. The first-order valence-electron chi connectivity index (χ1n) is 6.96. The summed E-state index contributed by atoms with van der Waals surface area (Å²) in [5, 5.41) is 9.25. The molecule has 0 bridgehead atoms. The summed E-state index contributed by atoms with van der Waals surface area (Å²) in [5.74, 6) is -1.32. The van der Waals surface area contributed by atoms with Crippen LogP contribution in [0.1, 0.15) is 27.0 Å². The van der Waals surface area contributed by atoms with E-state index in [0.717, 1.165) is 12.1 Å². The minimum atomic E-state index is -4.58. The predicted molar refractivity (Wildman–Crippen MR) is 85.1 cm³/mol. The molecule has 25 heavy (non-hydrogen) atoms. The van der Waals surface area contributed by atoms with Gasteiger partial charge in [0, 0.05) is 0 Å². The molecule has 0 aliphatic heterocycles. The fourth-order valence-electron chi connectivity index (χ4n) is 2.29. The lowest BCUT2D eigenvalue weighted by atomic mass is 10.0. The summed E-state index contributed by atoms with van der Waals surface area (Å²) >= 11 is 0. The Bertz CT molecular complexity index is 920. The standard InChI is InChI=1S/C16H14F3NO4S/c1-9-7-10(2)14(13(8-9)15(21)22)20-25(23,24)12-5-3-11(4-6-12)16(17,18)19/h3-8,20H,1-2H3,(H,21,22). The van der Waals surface area contributed by atoms with Crippen molar-refractivity contribution in [2.24, 2.45) is 0 Å². The van der Waals surface area contributed by atoms with E-state index in [1.54, 1.807) is 13.0 Å². The molecule has 0 amide bonds. The van der Waals surface area contributed by atoms with E-state index in [4.69, 9.17) is 0 Å². The Morgan fingerprint density at radius 3 is 2.12 bits per heavy atom. The van der Waals surface area contributed by atoms with E-state index in [0.29, 0.717) is 23.3 Å². The number of sulfonamides is 1. The first-order valence-corrected chi connectivity index (χ1v) is 8.45. The monoisotopic (exact) mass is 373 g/mol. The highest BCUT2D eigenvalue weighted by molar-refractivity contribution is 7.92. The van der Waals surface area contributed by atoms with Gasteiger partial charge >= 0.3 is 12.1 Å². The van der Waals surface area contributed by atoms with Gasteiger partial charge < -0.3 is 5.11 Å². The molecule has 0 radical (unpaired) electrons. The molecule has 2 aromatic carbocycles. The van der Waals surface area contributed by atoms with Crippen LogP contribution < -0.4 is 4.72 Å². The van der Waals surface area contributed by atoms with Gasteiger partial charge in [0.15, 0.2) is 0 Å². The topological polar surface area (TPSA) is 83.5 Å². The number of aryl methyl sites for hydroxylation is 2. The van der Waals surface area contributed by atoms with Crippen molar-refractivity contribution in [1.29, 1.82) is 0 Å². The van der Waals surface area contributed by atoms with Crippen molar-refractivity contribution >= 4 is 21.7 Å². The number of alkyl halides is 3. The van der Waals surface area contributed by atoms with E-state index in [9.17, 15) is 31.5 Å². The third-order valence-corrected chi connectivity index (χ3v) is 4.80. The summed E-state index contributed by atoms with van der Waals surface area (Å²) in [6, 6.07) is 5.82. The van der Waals surface area contributed by atoms with Crippen LogP contribution in [0.25, 0.3) is 0 Å². The highest BCUT2D eigenvalue weighted by Gasteiger charge is 2.31. The molecule has 0 spiro atoms. The molecule has 0 aliphatic rings. The molecule has 0 unspecified atom stereocenters. The molecule has 0 aromatic heterocycles. The van der Waals surface area contributed by atoms with E-state index in [1.165, 1.54) is 13.0 Å². The van der Waals surface area contributed by atoms with Gasteiger partial charge in [-0.25, -0.2) is 13.2 Å². The maximum Gasteiger partial charge on any atom is 0.416 e. The van der Waals surface area contributed by atoms with Crippen molar-refractivity contribution in [1.82, 2.24) is 0 Å². The third-order valence-electron chi connectivity index (χ3n) is 3.44. The zero-order valence-corrected chi connectivity index (χ0v) is 14.0. The van der Waals surface area contributed by atoms with Crippen LogP contribution in [0.3, 0.4) is 0 Å². The molecule has 0 saturated heterocycles. The number of rotatable bonds is 4. The van der Waals surface area contributed by atoms with Crippen molar-refractivity contribution in [2.75, 3.05) is 4.72 Å². The Morgan fingerprint density at radius 1 is 1.08 bits per heavy atom. The fourth-order valence-corrected chi connectivity index (χ4v) is 3.44. The average molecular weight is 373 g/mol. The smallest absolute Gasteiger partial charge is 0.416 e. The quantitative estimate of drug-likeness (QED) is 0.853. The molecular weight excluding hydrogens is 359 g/mol. The van der Waals surface area contributed by atoms with Crippen molar-refractivity contribution in [3.63, 3.8) is 0 Å².